The van der Waals surface area contributed by atoms with Gasteiger partial charge in [-0.2, -0.15) is 5.10 Å². The molecule has 0 aromatic carbocycles. The fourth-order valence-corrected chi connectivity index (χ4v) is 2.84. The Hall–Kier alpha value is -0.830. The topological polar surface area (TPSA) is 29.9 Å². The van der Waals surface area contributed by atoms with Gasteiger partial charge in [0, 0.05) is 13.1 Å². The van der Waals surface area contributed by atoms with Gasteiger partial charge in [0.05, 0.1) is 11.4 Å². The van der Waals surface area contributed by atoms with Crippen LogP contribution >= 0.6 is 0 Å². The molecule has 96 valence electrons. The normalized spacial score (nSPS) is 16.8. The first-order valence-corrected chi connectivity index (χ1v) is 7.03. The average molecular weight is 235 g/mol. The van der Waals surface area contributed by atoms with Crippen LogP contribution in [0.3, 0.4) is 0 Å². The molecule has 0 saturated heterocycles. The first kappa shape index (κ1) is 12.6. The van der Waals surface area contributed by atoms with Crippen molar-refractivity contribution in [2.75, 3.05) is 6.54 Å². The Bertz CT molecular complexity index is 337. The third-order valence-electron chi connectivity index (χ3n) is 3.80. The highest BCUT2D eigenvalue weighted by atomic mass is 15.3. The van der Waals surface area contributed by atoms with E-state index in [1.807, 2.05) is 0 Å². The maximum Gasteiger partial charge on any atom is 0.0597 e. The molecule has 0 unspecified atom stereocenters. The van der Waals surface area contributed by atoms with Crippen LogP contribution in [0.4, 0.5) is 0 Å². The number of nitrogens with one attached hydrogen (secondary N) is 1. The van der Waals surface area contributed by atoms with Crippen molar-refractivity contribution in [1.29, 1.82) is 0 Å². The molecular weight excluding hydrogens is 210 g/mol. The number of nitrogens with zero attached hydrogens (tertiary/aromatic N) is 2. The Kier molecular flexibility index (Phi) is 4.60. The summed E-state index contributed by atoms with van der Waals surface area (Å²) in [6.07, 6.45) is 7.15. The average Bonchev–Trinajstić information content (AvgIpc) is 2.93. The minimum Gasteiger partial charge on any atom is -0.311 e. The molecule has 0 aliphatic heterocycles. The van der Waals surface area contributed by atoms with Gasteiger partial charge in [-0.25, -0.2) is 0 Å². The monoisotopic (exact) mass is 235 g/mol. The zero-order valence-electron chi connectivity index (χ0n) is 11.2. The first-order chi connectivity index (χ1) is 8.29. The molecule has 1 N–H and O–H groups in total. The smallest absolute Gasteiger partial charge is 0.0597 e. The van der Waals surface area contributed by atoms with Crippen molar-refractivity contribution in [1.82, 2.24) is 15.1 Å². The summed E-state index contributed by atoms with van der Waals surface area (Å²) in [5.74, 6) is 0.986. The van der Waals surface area contributed by atoms with Crippen molar-refractivity contribution in [3.63, 3.8) is 0 Å². The van der Waals surface area contributed by atoms with Crippen LogP contribution in [-0.4, -0.2) is 16.3 Å². The van der Waals surface area contributed by atoms with E-state index in [4.69, 9.17) is 0 Å². The second-order valence-corrected chi connectivity index (χ2v) is 5.21. The van der Waals surface area contributed by atoms with Gasteiger partial charge < -0.3 is 5.32 Å². The van der Waals surface area contributed by atoms with E-state index in [2.05, 4.69) is 35.0 Å². The van der Waals surface area contributed by atoms with Gasteiger partial charge in [0.1, 0.15) is 0 Å². The van der Waals surface area contributed by atoms with Gasteiger partial charge in [0.2, 0.25) is 0 Å². The molecule has 1 aromatic heterocycles. The fraction of sp³-hybridized carbons (Fsp3) is 0.786. The highest BCUT2D eigenvalue weighted by molar-refractivity contribution is 5.08. The van der Waals surface area contributed by atoms with Crippen LogP contribution in [0.1, 0.15) is 50.4 Å². The lowest BCUT2D eigenvalue weighted by Crippen LogP contribution is -2.19. The zero-order chi connectivity index (χ0) is 12.1. The van der Waals surface area contributed by atoms with Crippen LogP contribution in [0, 0.1) is 12.8 Å². The predicted molar refractivity (Wildman–Crippen MR) is 70.9 cm³/mol. The van der Waals surface area contributed by atoms with E-state index in [-0.39, 0.29) is 0 Å². The number of aromatic nitrogens is 2. The molecular formula is C14H25N3. The molecule has 0 bridgehead atoms. The Morgan fingerprint density at radius 1 is 1.41 bits per heavy atom. The van der Waals surface area contributed by atoms with Gasteiger partial charge in [0.15, 0.2) is 0 Å². The Morgan fingerprint density at radius 3 is 2.88 bits per heavy atom. The van der Waals surface area contributed by atoms with E-state index in [0.717, 1.165) is 31.2 Å². The Balaban J connectivity index is 1.70. The summed E-state index contributed by atoms with van der Waals surface area (Å²) >= 11 is 0. The third-order valence-corrected chi connectivity index (χ3v) is 3.80. The molecule has 1 heterocycles. The van der Waals surface area contributed by atoms with Crippen molar-refractivity contribution in [3.8, 4) is 0 Å². The number of hydrogen-bond donors (Lipinski definition) is 1. The summed E-state index contributed by atoms with van der Waals surface area (Å²) in [6.45, 7) is 7.29. The van der Waals surface area contributed by atoms with Gasteiger partial charge in [-0.05, 0) is 38.8 Å². The van der Waals surface area contributed by atoms with E-state index >= 15 is 0 Å². The second-order valence-electron chi connectivity index (χ2n) is 5.21. The van der Waals surface area contributed by atoms with Gasteiger partial charge >= 0.3 is 0 Å². The summed E-state index contributed by atoms with van der Waals surface area (Å²) in [6, 6.07) is 2.19. The molecule has 1 aliphatic rings. The van der Waals surface area contributed by atoms with E-state index < -0.39 is 0 Å². The lowest BCUT2D eigenvalue weighted by molar-refractivity contribution is 0.471. The van der Waals surface area contributed by atoms with Crippen LogP contribution < -0.4 is 5.32 Å². The minimum absolute atomic E-state index is 0.960. The van der Waals surface area contributed by atoms with E-state index in [0.29, 0.717) is 0 Å². The molecule has 0 radical (unpaired) electrons. The molecule has 3 heteroatoms. The third kappa shape index (κ3) is 3.56. The quantitative estimate of drug-likeness (QED) is 0.768. The van der Waals surface area contributed by atoms with Gasteiger partial charge in [-0.15, -0.1) is 0 Å². The molecule has 17 heavy (non-hydrogen) atoms. The number of hydrogen-bond acceptors (Lipinski definition) is 2. The van der Waals surface area contributed by atoms with E-state index in [9.17, 15) is 0 Å². The molecule has 0 atom stereocenters. The summed E-state index contributed by atoms with van der Waals surface area (Å²) in [5, 5.41) is 8.02. The van der Waals surface area contributed by atoms with Crippen molar-refractivity contribution < 1.29 is 0 Å². The van der Waals surface area contributed by atoms with Crippen molar-refractivity contribution >= 4 is 0 Å². The molecule has 2 rings (SSSR count). The first-order valence-electron chi connectivity index (χ1n) is 7.03. The lowest BCUT2D eigenvalue weighted by atomic mass is 10.0. The van der Waals surface area contributed by atoms with Crippen molar-refractivity contribution in [2.45, 2.75) is 59.0 Å². The molecule has 0 amide bonds. The fourth-order valence-electron chi connectivity index (χ4n) is 2.84. The standard InChI is InChI=1S/C14H25N3/c1-3-17-14(10-12(2)16-17)11-15-9-8-13-6-4-5-7-13/h10,13,15H,3-9,11H2,1-2H3. The van der Waals surface area contributed by atoms with Crippen LogP contribution in [0.5, 0.6) is 0 Å². The van der Waals surface area contributed by atoms with E-state index in [1.165, 1.54) is 37.8 Å². The molecule has 1 aromatic rings. The van der Waals surface area contributed by atoms with Crippen LogP contribution in [-0.2, 0) is 13.1 Å². The summed E-state index contributed by atoms with van der Waals surface area (Å²) < 4.78 is 2.10. The Labute approximate surface area is 105 Å². The summed E-state index contributed by atoms with van der Waals surface area (Å²) in [5.41, 5.74) is 2.44. The highest BCUT2D eigenvalue weighted by Crippen LogP contribution is 2.26. The van der Waals surface area contributed by atoms with Crippen LogP contribution in [0.25, 0.3) is 0 Å². The molecule has 1 fully saturated rings. The molecule has 0 spiro atoms. The molecule has 3 nitrogen and oxygen atoms in total. The van der Waals surface area contributed by atoms with E-state index in [1.54, 1.807) is 0 Å². The largest absolute Gasteiger partial charge is 0.311 e. The van der Waals surface area contributed by atoms with Crippen LogP contribution in [0.2, 0.25) is 0 Å². The lowest BCUT2D eigenvalue weighted by Gasteiger charge is -2.10. The summed E-state index contributed by atoms with van der Waals surface area (Å²) in [7, 11) is 0. The van der Waals surface area contributed by atoms with Gasteiger partial charge in [0.25, 0.3) is 0 Å². The van der Waals surface area contributed by atoms with Crippen LogP contribution in [0.15, 0.2) is 6.07 Å². The summed E-state index contributed by atoms with van der Waals surface area (Å²) in [4.78, 5) is 0. The van der Waals surface area contributed by atoms with Gasteiger partial charge in [-0.3, -0.25) is 4.68 Å². The zero-order valence-corrected chi connectivity index (χ0v) is 11.2. The maximum absolute atomic E-state index is 4.46. The highest BCUT2D eigenvalue weighted by Gasteiger charge is 2.14. The molecule has 1 aliphatic carbocycles. The van der Waals surface area contributed by atoms with Crippen molar-refractivity contribution in [2.24, 2.45) is 5.92 Å². The predicted octanol–water partition coefficient (Wildman–Crippen LogP) is 2.88. The number of aryl methyl sites for hydroxylation is 2. The SMILES string of the molecule is CCn1nc(C)cc1CNCCC1CCCC1. The minimum atomic E-state index is 0.960. The van der Waals surface area contributed by atoms with Gasteiger partial charge in [-0.1, -0.05) is 25.7 Å². The Morgan fingerprint density at radius 2 is 2.18 bits per heavy atom. The maximum atomic E-state index is 4.46. The van der Waals surface area contributed by atoms with Crippen molar-refractivity contribution in [3.05, 3.63) is 17.5 Å². The number of rotatable bonds is 6. The molecule has 1 saturated carbocycles. The second kappa shape index (κ2) is 6.20.